The van der Waals surface area contributed by atoms with Gasteiger partial charge < -0.3 is 19.0 Å². The lowest BCUT2D eigenvalue weighted by atomic mass is 9.79. The molecule has 2 aromatic rings. The first-order valence-electron chi connectivity index (χ1n) is 12.0. The molecule has 1 N–H and O–H groups in total. The van der Waals surface area contributed by atoms with E-state index in [1.165, 1.54) is 0 Å². The lowest BCUT2D eigenvalue weighted by molar-refractivity contribution is 0.00578. The van der Waals surface area contributed by atoms with Crippen molar-refractivity contribution < 1.29 is 18.8 Å². The van der Waals surface area contributed by atoms with E-state index in [-0.39, 0.29) is 18.2 Å². The number of aromatic nitrogens is 2. The number of piperidine rings is 1. The Labute approximate surface area is 206 Å². The van der Waals surface area contributed by atoms with Crippen molar-refractivity contribution in [3.8, 4) is 11.3 Å². The number of nitrogens with one attached hydrogen (secondary N) is 1. The third kappa shape index (κ3) is 4.14. The Bertz CT molecular complexity index is 1090. The number of amides is 1. The summed E-state index contributed by atoms with van der Waals surface area (Å²) in [4.78, 5) is 22.8. The molecule has 3 fully saturated rings. The number of hydrogen-bond acceptors (Lipinski definition) is 5. The van der Waals surface area contributed by atoms with Crippen LogP contribution in [0.15, 0.2) is 24.3 Å². The molecule has 3 heterocycles. The zero-order chi connectivity index (χ0) is 24.6. The van der Waals surface area contributed by atoms with Gasteiger partial charge in [0.1, 0.15) is 22.3 Å². The van der Waals surface area contributed by atoms with Crippen LogP contribution < -0.4 is 5.46 Å². The lowest BCUT2D eigenvalue weighted by Crippen LogP contribution is -2.41. The van der Waals surface area contributed by atoms with Gasteiger partial charge in [-0.2, -0.15) is 0 Å². The Hall–Kier alpha value is -2.03. The quantitative estimate of drug-likeness (QED) is 0.612. The summed E-state index contributed by atoms with van der Waals surface area (Å²) in [5.74, 6) is 1.21. The van der Waals surface area contributed by atoms with Crippen molar-refractivity contribution in [1.82, 2.24) is 14.9 Å². The molecule has 1 aliphatic carbocycles. The van der Waals surface area contributed by atoms with Gasteiger partial charge in [-0.1, -0.05) is 35.9 Å². The number of carbonyl (C=O) groups is 1. The number of nitrogens with zero attached hydrogens (tertiary/aromatic N) is 2. The molecule has 182 valence electrons. The van der Waals surface area contributed by atoms with Gasteiger partial charge >= 0.3 is 13.2 Å². The van der Waals surface area contributed by atoms with Crippen LogP contribution in [-0.2, 0) is 14.0 Å². The maximum Gasteiger partial charge on any atom is 0.494 e. The first-order valence-corrected chi connectivity index (χ1v) is 12.4. The zero-order valence-electron chi connectivity index (χ0n) is 20.9. The molecule has 3 aliphatic rings. The third-order valence-electron chi connectivity index (χ3n) is 7.41. The standard InChI is InChI=1S/C25H33BClN3O4/c1-23(2,3)32-22(31)30-17-12-15(17)13-18(30)21-28-19(20(27)29-21)14-8-10-16(11-9-14)26-33-24(4,5)25(6,7)34-26/h8-11,15,17-18H,12-13H2,1-7H3,(H,28,29). The first kappa shape index (κ1) is 23.7. The summed E-state index contributed by atoms with van der Waals surface area (Å²) in [7, 11) is -0.420. The smallest absolute Gasteiger partial charge is 0.444 e. The van der Waals surface area contributed by atoms with Crippen molar-refractivity contribution in [2.75, 3.05) is 0 Å². The third-order valence-corrected chi connectivity index (χ3v) is 7.69. The fourth-order valence-corrected chi connectivity index (χ4v) is 5.02. The molecule has 0 spiro atoms. The number of hydrogen-bond donors (Lipinski definition) is 1. The Kier molecular flexibility index (Phi) is 5.39. The number of H-pyrrole nitrogens is 1. The number of benzene rings is 1. The second-order valence-corrected chi connectivity index (χ2v) is 12.1. The predicted molar refractivity (Wildman–Crippen MR) is 132 cm³/mol. The minimum Gasteiger partial charge on any atom is -0.444 e. The minimum atomic E-state index is -0.542. The molecule has 9 heteroatoms. The Morgan fingerprint density at radius 2 is 1.76 bits per heavy atom. The molecule has 0 bridgehead atoms. The highest BCUT2D eigenvalue weighted by molar-refractivity contribution is 6.62. The molecule has 1 saturated carbocycles. The summed E-state index contributed by atoms with van der Waals surface area (Å²) >= 11 is 6.58. The van der Waals surface area contributed by atoms with Crippen LogP contribution in [0.2, 0.25) is 5.15 Å². The minimum absolute atomic E-state index is 0.158. The number of halogens is 1. The second kappa shape index (κ2) is 7.74. The molecule has 1 amide bonds. The van der Waals surface area contributed by atoms with E-state index in [1.807, 2.05) is 77.6 Å². The average molecular weight is 486 g/mol. The molecule has 2 saturated heterocycles. The monoisotopic (exact) mass is 485 g/mol. The van der Waals surface area contributed by atoms with Crippen LogP contribution in [0.5, 0.6) is 0 Å². The van der Waals surface area contributed by atoms with Gasteiger partial charge in [-0.15, -0.1) is 0 Å². The van der Waals surface area contributed by atoms with Gasteiger partial charge in [0.2, 0.25) is 0 Å². The van der Waals surface area contributed by atoms with Gasteiger partial charge in [-0.25, -0.2) is 9.78 Å². The molecular formula is C25H33BClN3O4. The summed E-state index contributed by atoms with van der Waals surface area (Å²) in [6.45, 7) is 13.8. The number of carbonyl (C=O) groups excluding carboxylic acids is 1. The molecule has 3 atom stereocenters. The van der Waals surface area contributed by atoms with E-state index in [4.69, 9.17) is 30.6 Å². The molecule has 7 nitrogen and oxygen atoms in total. The number of ether oxygens (including phenoxy) is 1. The molecule has 5 rings (SSSR count). The van der Waals surface area contributed by atoms with Crippen molar-refractivity contribution in [2.24, 2.45) is 5.92 Å². The SMILES string of the molecule is CC(C)(C)OC(=O)N1C(c2nc(-c3ccc(B4OC(C)(C)C(C)(C)O4)cc3)c(Cl)[nH]2)CC2CC21. The fourth-order valence-electron chi connectivity index (χ4n) is 4.77. The van der Waals surface area contributed by atoms with E-state index < -0.39 is 23.9 Å². The largest absolute Gasteiger partial charge is 0.494 e. The lowest BCUT2D eigenvalue weighted by Gasteiger charge is -2.32. The molecule has 1 aromatic carbocycles. The summed E-state index contributed by atoms with van der Waals surface area (Å²) in [5.41, 5.74) is 1.18. The first-order chi connectivity index (χ1) is 15.8. The van der Waals surface area contributed by atoms with E-state index in [0.29, 0.717) is 22.6 Å². The van der Waals surface area contributed by atoms with Crippen molar-refractivity contribution in [3.63, 3.8) is 0 Å². The van der Waals surface area contributed by atoms with Crippen molar-refractivity contribution in [3.05, 3.63) is 35.2 Å². The van der Waals surface area contributed by atoms with Gasteiger partial charge in [-0.3, -0.25) is 4.90 Å². The van der Waals surface area contributed by atoms with Crippen LogP contribution >= 0.6 is 11.6 Å². The summed E-state index contributed by atoms with van der Waals surface area (Å²) in [5, 5.41) is 0.461. The van der Waals surface area contributed by atoms with Crippen LogP contribution in [0.3, 0.4) is 0 Å². The molecule has 34 heavy (non-hydrogen) atoms. The molecule has 0 radical (unpaired) electrons. The Morgan fingerprint density at radius 3 is 2.35 bits per heavy atom. The summed E-state index contributed by atoms with van der Waals surface area (Å²) in [6.07, 6.45) is 1.61. The van der Waals surface area contributed by atoms with Crippen molar-refractivity contribution in [2.45, 2.75) is 90.2 Å². The van der Waals surface area contributed by atoms with Crippen LogP contribution in [0.4, 0.5) is 4.79 Å². The number of rotatable bonds is 3. The van der Waals surface area contributed by atoms with Crippen LogP contribution in [0.1, 0.15) is 73.2 Å². The highest BCUT2D eigenvalue weighted by atomic mass is 35.5. The number of likely N-dealkylation sites (tertiary alicyclic amines) is 1. The second-order valence-electron chi connectivity index (χ2n) is 11.7. The normalized spacial score (nSPS) is 27.1. The van der Waals surface area contributed by atoms with E-state index in [9.17, 15) is 4.79 Å². The van der Waals surface area contributed by atoms with Gasteiger partial charge in [0.25, 0.3) is 0 Å². The number of fused-ring (bicyclic) bond motifs is 1. The Balaban J connectivity index is 1.36. The fraction of sp³-hybridized carbons (Fsp3) is 0.600. The molecule has 2 aliphatic heterocycles. The van der Waals surface area contributed by atoms with Gasteiger partial charge in [0.05, 0.1) is 17.2 Å². The number of imidazole rings is 1. The average Bonchev–Trinajstić information content (AvgIpc) is 3.09. The van der Waals surface area contributed by atoms with Crippen molar-refractivity contribution >= 4 is 30.3 Å². The number of aromatic amines is 1. The van der Waals surface area contributed by atoms with E-state index in [1.54, 1.807) is 0 Å². The van der Waals surface area contributed by atoms with E-state index in [2.05, 4.69) is 4.98 Å². The van der Waals surface area contributed by atoms with Crippen LogP contribution in [0.25, 0.3) is 11.3 Å². The summed E-state index contributed by atoms with van der Waals surface area (Å²) < 4.78 is 18.0. The van der Waals surface area contributed by atoms with Crippen LogP contribution in [0, 0.1) is 5.92 Å². The van der Waals surface area contributed by atoms with Gasteiger partial charge in [-0.05, 0) is 72.7 Å². The van der Waals surface area contributed by atoms with E-state index in [0.717, 1.165) is 23.9 Å². The van der Waals surface area contributed by atoms with Crippen LogP contribution in [-0.4, -0.2) is 50.9 Å². The van der Waals surface area contributed by atoms with Gasteiger partial charge in [0.15, 0.2) is 0 Å². The zero-order valence-corrected chi connectivity index (χ0v) is 21.7. The summed E-state index contributed by atoms with van der Waals surface area (Å²) in [6, 6.07) is 7.99. The van der Waals surface area contributed by atoms with E-state index >= 15 is 0 Å². The highest BCUT2D eigenvalue weighted by Gasteiger charge is 2.56. The molecular weight excluding hydrogens is 453 g/mol. The highest BCUT2D eigenvalue weighted by Crippen LogP contribution is 2.53. The molecule has 1 aromatic heterocycles. The maximum absolute atomic E-state index is 12.9. The van der Waals surface area contributed by atoms with Gasteiger partial charge in [0, 0.05) is 11.6 Å². The van der Waals surface area contributed by atoms with Crippen molar-refractivity contribution in [1.29, 1.82) is 0 Å². The topological polar surface area (TPSA) is 76.7 Å². The predicted octanol–water partition coefficient (Wildman–Crippen LogP) is 5.10. The molecule has 3 unspecified atom stereocenters. The Morgan fingerprint density at radius 1 is 1.15 bits per heavy atom. The maximum atomic E-state index is 12.9.